The molecule has 5 heteroatoms. The second-order valence-corrected chi connectivity index (χ2v) is 3.59. The molecule has 0 atom stereocenters. The zero-order valence-corrected chi connectivity index (χ0v) is 8.96. The van der Waals surface area contributed by atoms with E-state index in [0.717, 1.165) is 17.8 Å². The van der Waals surface area contributed by atoms with E-state index in [9.17, 15) is 8.78 Å². The highest BCUT2D eigenvalue weighted by Gasteiger charge is 2.12. The van der Waals surface area contributed by atoms with Crippen molar-refractivity contribution in [1.82, 2.24) is 9.55 Å². The Morgan fingerprint density at radius 2 is 1.94 bits per heavy atom. The molecule has 2 rings (SSSR count). The molecule has 1 aromatic carbocycles. The van der Waals surface area contributed by atoms with Gasteiger partial charge >= 0.3 is 0 Å². The van der Waals surface area contributed by atoms with Crippen molar-refractivity contribution in [3.05, 3.63) is 35.5 Å². The van der Waals surface area contributed by atoms with Crippen LogP contribution in [0.2, 0.25) is 0 Å². The van der Waals surface area contributed by atoms with Crippen molar-refractivity contribution in [2.45, 2.75) is 6.92 Å². The summed E-state index contributed by atoms with van der Waals surface area (Å²) in [4.78, 5) is 4.10. The normalized spacial score (nSPS) is 10.8. The average molecular weight is 223 g/mol. The predicted molar refractivity (Wildman–Crippen MR) is 57.7 cm³/mol. The van der Waals surface area contributed by atoms with E-state index < -0.39 is 11.6 Å². The number of anilines is 1. The topological polar surface area (TPSA) is 43.8 Å². The summed E-state index contributed by atoms with van der Waals surface area (Å²) in [6, 6.07) is 3.67. The molecule has 0 saturated heterocycles. The number of benzene rings is 1. The summed E-state index contributed by atoms with van der Waals surface area (Å²) < 4.78 is 27.5. The minimum atomic E-state index is -0.888. The highest BCUT2D eigenvalue weighted by Crippen LogP contribution is 2.25. The van der Waals surface area contributed by atoms with E-state index in [-0.39, 0.29) is 0 Å². The molecule has 0 amide bonds. The Balaban J connectivity index is 2.59. The highest BCUT2D eigenvalue weighted by molar-refractivity contribution is 5.64. The molecule has 1 heterocycles. The van der Waals surface area contributed by atoms with Crippen LogP contribution in [0.15, 0.2) is 18.2 Å². The van der Waals surface area contributed by atoms with E-state index in [2.05, 4.69) is 4.98 Å². The van der Waals surface area contributed by atoms with Crippen LogP contribution < -0.4 is 5.73 Å². The van der Waals surface area contributed by atoms with Gasteiger partial charge in [-0.1, -0.05) is 0 Å². The lowest BCUT2D eigenvalue weighted by molar-refractivity contribution is 0.509. The largest absolute Gasteiger partial charge is 0.369 e. The number of nitrogen functional groups attached to an aromatic ring is 1. The van der Waals surface area contributed by atoms with Crippen LogP contribution in [-0.4, -0.2) is 9.55 Å². The molecule has 84 valence electrons. The monoisotopic (exact) mass is 223 g/mol. The van der Waals surface area contributed by atoms with Crippen LogP contribution in [0.4, 0.5) is 14.7 Å². The fourth-order valence-electron chi connectivity index (χ4n) is 1.52. The summed E-state index contributed by atoms with van der Waals surface area (Å²) >= 11 is 0. The van der Waals surface area contributed by atoms with Crippen molar-refractivity contribution in [2.75, 3.05) is 5.73 Å². The average Bonchev–Trinajstić information content (AvgIpc) is 2.50. The zero-order chi connectivity index (χ0) is 11.9. The number of halogens is 2. The second-order valence-electron chi connectivity index (χ2n) is 3.59. The standard InChI is InChI=1S/C11H11F2N3/c1-6-10(15-11(14)16(6)2)7-3-4-8(12)9(13)5-7/h3-5H,1-2H3,(H2,14,15). The summed E-state index contributed by atoms with van der Waals surface area (Å²) in [6.45, 7) is 1.82. The molecule has 0 bridgehead atoms. The number of aromatic nitrogens is 2. The molecular formula is C11H11F2N3. The van der Waals surface area contributed by atoms with Gasteiger partial charge in [-0.2, -0.15) is 0 Å². The van der Waals surface area contributed by atoms with Crippen molar-refractivity contribution in [3.63, 3.8) is 0 Å². The van der Waals surface area contributed by atoms with E-state index >= 15 is 0 Å². The van der Waals surface area contributed by atoms with Crippen molar-refractivity contribution in [3.8, 4) is 11.3 Å². The Morgan fingerprint density at radius 1 is 1.25 bits per heavy atom. The summed E-state index contributed by atoms with van der Waals surface area (Å²) in [5.74, 6) is -1.41. The summed E-state index contributed by atoms with van der Waals surface area (Å²) in [7, 11) is 1.76. The smallest absolute Gasteiger partial charge is 0.200 e. The third-order valence-corrected chi connectivity index (χ3v) is 2.61. The van der Waals surface area contributed by atoms with Crippen LogP contribution in [0.1, 0.15) is 5.69 Å². The SMILES string of the molecule is Cc1c(-c2ccc(F)c(F)c2)nc(N)n1C. The van der Waals surface area contributed by atoms with Crippen LogP contribution in [-0.2, 0) is 7.05 Å². The fourth-order valence-corrected chi connectivity index (χ4v) is 1.52. The summed E-state index contributed by atoms with van der Waals surface area (Å²) in [5.41, 5.74) is 7.53. The lowest BCUT2D eigenvalue weighted by Crippen LogP contribution is -1.97. The van der Waals surface area contributed by atoms with Gasteiger partial charge in [-0.3, -0.25) is 0 Å². The third kappa shape index (κ3) is 1.54. The molecule has 0 radical (unpaired) electrons. The van der Waals surface area contributed by atoms with E-state index in [0.29, 0.717) is 17.2 Å². The van der Waals surface area contributed by atoms with Gasteiger partial charge < -0.3 is 10.3 Å². The number of nitrogens with two attached hydrogens (primary N) is 1. The van der Waals surface area contributed by atoms with E-state index in [1.165, 1.54) is 6.07 Å². The minimum absolute atomic E-state index is 0.345. The summed E-state index contributed by atoms with van der Waals surface area (Å²) in [6.07, 6.45) is 0. The third-order valence-electron chi connectivity index (χ3n) is 2.61. The van der Waals surface area contributed by atoms with Gasteiger partial charge in [0.25, 0.3) is 0 Å². The molecule has 2 aromatic rings. The maximum absolute atomic E-state index is 13.1. The van der Waals surface area contributed by atoms with Gasteiger partial charge in [-0.05, 0) is 25.1 Å². The molecule has 16 heavy (non-hydrogen) atoms. The number of hydrogen-bond acceptors (Lipinski definition) is 2. The maximum atomic E-state index is 13.1. The Hall–Kier alpha value is -1.91. The molecule has 0 spiro atoms. The molecule has 1 aromatic heterocycles. The Bertz CT molecular complexity index is 546. The summed E-state index contributed by atoms with van der Waals surface area (Å²) in [5, 5.41) is 0. The number of imidazole rings is 1. The molecule has 2 N–H and O–H groups in total. The van der Waals surface area contributed by atoms with E-state index in [1.807, 2.05) is 6.92 Å². The Kier molecular flexibility index (Phi) is 2.38. The van der Waals surface area contributed by atoms with Crippen molar-refractivity contribution in [1.29, 1.82) is 0 Å². The van der Waals surface area contributed by atoms with Crippen LogP contribution in [0, 0.1) is 18.6 Å². The van der Waals surface area contributed by atoms with Crippen molar-refractivity contribution < 1.29 is 8.78 Å². The first kappa shape index (κ1) is 10.6. The zero-order valence-electron chi connectivity index (χ0n) is 8.96. The van der Waals surface area contributed by atoms with Crippen LogP contribution in [0.5, 0.6) is 0 Å². The van der Waals surface area contributed by atoms with Gasteiger partial charge in [-0.25, -0.2) is 13.8 Å². The molecule has 0 aliphatic rings. The van der Waals surface area contributed by atoms with Gasteiger partial charge in [0.05, 0.1) is 5.69 Å². The molecule has 0 fully saturated rings. The van der Waals surface area contributed by atoms with Gasteiger partial charge in [0, 0.05) is 18.3 Å². The maximum Gasteiger partial charge on any atom is 0.200 e. The fraction of sp³-hybridized carbons (Fsp3) is 0.182. The molecule has 3 nitrogen and oxygen atoms in total. The lowest BCUT2D eigenvalue weighted by atomic mass is 10.1. The number of nitrogens with zero attached hydrogens (tertiary/aromatic N) is 2. The van der Waals surface area contributed by atoms with E-state index in [1.54, 1.807) is 11.6 Å². The minimum Gasteiger partial charge on any atom is -0.369 e. The quantitative estimate of drug-likeness (QED) is 0.805. The first-order valence-electron chi connectivity index (χ1n) is 4.75. The van der Waals surface area contributed by atoms with Gasteiger partial charge in [0.1, 0.15) is 0 Å². The van der Waals surface area contributed by atoms with Crippen LogP contribution in [0.25, 0.3) is 11.3 Å². The van der Waals surface area contributed by atoms with Crippen LogP contribution >= 0.6 is 0 Å². The predicted octanol–water partition coefficient (Wildman–Crippen LogP) is 2.26. The molecule has 0 aliphatic heterocycles. The Morgan fingerprint density at radius 3 is 2.44 bits per heavy atom. The van der Waals surface area contributed by atoms with Gasteiger partial charge in [0.15, 0.2) is 11.6 Å². The van der Waals surface area contributed by atoms with Crippen molar-refractivity contribution >= 4 is 5.95 Å². The number of hydrogen-bond donors (Lipinski definition) is 1. The van der Waals surface area contributed by atoms with Gasteiger partial charge in [-0.15, -0.1) is 0 Å². The first-order chi connectivity index (χ1) is 7.50. The van der Waals surface area contributed by atoms with E-state index in [4.69, 9.17) is 5.73 Å². The lowest BCUT2D eigenvalue weighted by Gasteiger charge is -2.01. The van der Waals surface area contributed by atoms with Crippen LogP contribution in [0.3, 0.4) is 0 Å². The second kappa shape index (κ2) is 3.59. The molecule has 0 saturated carbocycles. The molecular weight excluding hydrogens is 212 g/mol. The number of rotatable bonds is 1. The highest BCUT2D eigenvalue weighted by atomic mass is 19.2. The first-order valence-corrected chi connectivity index (χ1v) is 4.75. The van der Waals surface area contributed by atoms with Gasteiger partial charge in [0.2, 0.25) is 5.95 Å². The molecule has 0 unspecified atom stereocenters. The molecule has 0 aliphatic carbocycles. The van der Waals surface area contributed by atoms with Crippen molar-refractivity contribution in [2.24, 2.45) is 7.05 Å². The Labute approximate surface area is 91.5 Å².